The Morgan fingerprint density at radius 2 is 1.96 bits per heavy atom. The summed E-state index contributed by atoms with van der Waals surface area (Å²) in [6.07, 6.45) is 0.625. The highest BCUT2D eigenvalue weighted by Gasteiger charge is 2.31. The van der Waals surface area contributed by atoms with Crippen molar-refractivity contribution in [1.82, 2.24) is 20.6 Å². The lowest BCUT2D eigenvalue weighted by atomic mass is 10.0. The van der Waals surface area contributed by atoms with E-state index in [4.69, 9.17) is 9.47 Å². The molecule has 0 spiro atoms. The van der Waals surface area contributed by atoms with Crippen LogP contribution in [0.15, 0.2) is 18.2 Å². The van der Waals surface area contributed by atoms with Gasteiger partial charge in [0.2, 0.25) is 5.91 Å². The fourth-order valence-corrected chi connectivity index (χ4v) is 3.18. The predicted octanol–water partition coefficient (Wildman–Crippen LogP) is 1.60. The van der Waals surface area contributed by atoms with E-state index in [0.717, 1.165) is 22.6 Å². The number of carbonyl (C=O) groups excluding carboxylic acids is 1. The highest BCUT2D eigenvalue weighted by Crippen LogP contribution is 2.32. The summed E-state index contributed by atoms with van der Waals surface area (Å²) >= 11 is 0. The molecular weight excluding hydrogens is 334 g/mol. The molecule has 1 aliphatic heterocycles. The fraction of sp³-hybridized carbons (Fsp3) is 0.444. The Morgan fingerprint density at radius 3 is 2.58 bits per heavy atom. The molecule has 0 radical (unpaired) electrons. The number of hydrazine groups is 1. The van der Waals surface area contributed by atoms with Crippen LogP contribution < -0.4 is 25.6 Å². The topological polar surface area (TPSA) is 89.4 Å². The molecule has 3 rings (SSSR count). The molecule has 2 unspecified atom stereocenters. The number of anilines is 1. The molecule has 2 atom stereocenters. The van der Waals surface area contributed by atoms with Crippen molar-refractivity contribution in [3.63, 3.8) is 0 Å². The molecule has 3 N–H and O–H groups in total. The summed E-state index contributed by atoms with van der Waals surface area (Å²) in [6.45, 7) is 3.82. The summed E-state index contributed by atoms with van der Waals surface area (Å²) in [6, 6.07) is 5.42. The number of nitrogens with one attached hydrogen (secondary N) is 3. The summed E-state index contributed by atoms with van der Waals surface area (Å²) < 4.78 is 12.4. The van der Waals surface area contributed by atoms with Gasteiger partial charge in [-0.1, -0.05) is 6.07 Å². The first-order chi connectivity index (χ1) is 12.4. The summed E-state index contributed by atoms with van der Waals surface area (Å²) in [7, 11) is 5.08. The molecule has 0 saturated carbocycles. The standard InChI is InChI=1S/C18H25N5O3/c1-10-17(11(2)23(3)22-10)19-18(24)14-9-13(20-21-14)12-6-7-15(25-4)16(8-12)26-5/h6-8,13-14,20-21H,9H2,1-5H3,(H,19,24). The van der Waals surface area contributed by atoms with Crippen LogP contribution in [0.4, 0.5) is 5.69 Å². The Morgan fingerprint density at radius 1 is 1.23 bits per heavy atom. The van der Waals surface area contributed by atoms with Gasteiger partial charge in [0.05, 0.1) is 31.3 Å². The zero-order valence-corrected chi connectivity index (χ0v) is 15.7. The molecule has 140 valence electrons. The number of aromatic nitrogens is 2. The monoisotopic (exact) mass is 359 g/mol. The van der Waals surface area contributed by atoms with Gasteiger partial charge in [-0.25, -0.2) is 10.9 Å². The third-order valence-electron chi connectivity index (χ3n) is 4.79. The number of methoxy groups -OCH3 is 2. The van der Waals surface area contributed by atoms with Gasteiger partial charge in [0.1, 0.15) is 6.04 Å². The third kappa shape index (κ3) is 3.38. The lowest BCUT2D eigenvalue weighted by Crippen LogP contribution is -2.39. The van der Waals surface area contributed by atoms with E-state index in [-0.39, 0.29) is 18.0 Å². The Bertz CT molecular complexity index is 817. The van der Waals surface area contributed by atoms with E-state index >= 15 is 0 Å². The minimum absolute atomic E-state index is 0.00153. The van der Waals surface area contributed by atoms with Crippen molar-refractivity contribution in [2.24, 2.45) is 7.05 Å². The molecule has 2 aromatic rings. The molecule has 0 bridgehead atoms. The number of hydrogen-bond acceptors (Lipinski definition) is 6. The minimum Gasteiger partial charge on any atom is -0.493 e. The van der Waals surface area contributed by atoms with Crippen LogP contribution in [-0.4, -0.2) is 35.9 Å². The van der Waals surface area contributed by atoms with Crippen molar-refractivity contribution in [2.45, 2.75) is 32.4 Å². The maximum absolute atomic E-state index is 12.6. The van der Waals surface area contributed by atoms with E-state index in [1.54, 1.807) is 18.9 Å². The lowest BCUT2D eigenvalue weighted by Gasteiger charge is -2.13. The molecule has 26 heavy (non-hydrogen) atoms. The molecule has 2 heterocycles. The van der Waals surface area contributed by atoms with Gasteiger partial charge in [0.15, 0.2) is 11.5 Å². The van der Waals surface area contributed by atoms with Crippen molar-refractivity contribution >= 4 is 11.6 Å². The molecule has 1 aromatic heterocycles. The molecule has 8 nitrogen and oxygen atoms in total. The number of aryl methyl sites for hydroxylation is 2. The number of carbonyl (C=O) groups is 1. The molecule has 1 saturated heterocycles. The van der Waals surface area contributed by atoms with Crippen molar-refractivity contribution < 1.29 is 14.3 Å². The van der Waals surface area contributed by atoms with Crippen LogP contribution in [0.2, 0.25) is 0 Å². The molecule has 1 aromatic carbocycles. The molecule has 1 fully saturated rings. The van der Waals surface area contributed by atoms with Crippen molar-refractivity contribution in [3.05, 3.63) is 35.2 Å². The van der Waals surface area contributed by atoms with E-state index in [0.29, 0.717) is 17.9 Å². The minimum atomic E-state index is -0.341. The third-order valence-corrected chi connectivity index (χ3v) is 4.79. The van der Waals surface area contributed by atoms with E-state index < -0.39 is 0 Å². The maximum Gasteiger partial charge on any atom is 0.243 e. The smallest absolute Gasteiger partial charge is 0.243 e. The van der Waals surface area contributed by atoms with Gasteiger partial charge in [-0.3, -0.25) is 9.48 Å². The molecular formula is C18H25N5O3. The summed E-state index contributed by atoms with van der Waals surface area (Å²) in [5.74, 6) is 1.26. The Labute approximate surface area is 152 Å². The first kappa shape index (κ1) is 18.2. The largest absolute Gasteiger partial charge is 0.493 e. The SMILES string of the molecule is COc1ccc(C2CC(C(=O)Nc3c(C)nn(C)c3C)NN2)cc1OC. The average Bonchev–Trinajstić information content (AvgIpc) is 3.22. The zero-order valence-electron chi connectivity index (χ0n) is 15.7. The van der Waals surface area contributed by atoms with Crippen molar-refractivity contribution in [3.8, 4) is 11.5 Å². The quantitative estimate of drug-likeness (QED) is 0.751. The van der Waals surface area contributed by atoms with Crippen molar-refractivity contribution in [1.29, 1.82) is 0 Å². The second-order valence-corrected chi connectivity index (χ2v) is 6.40. The first-order valence-corrected chi connectivity index (χ1v) is 8.48. The van der Waals surface area contributed by atoms with Gasteiger partial charge in [-0.2, -0.15) is 5.10 Å². The Balaban J connectivity index is 1.69. The molecule has 1 aliphatic rings. The van der Waals surface area contributed by atoms with Crippen LogP contribution in [0.25, 0.3) is 0 Å². The number of benzene rings is 1. The average molecular weight is 359 g/mol. The molecule has 0 aliphatic carbocycles. The van der Waals surface area contributed by atoms with E-state index in [9.17, 15) is 4.79 Å². The van der Waals surface area contributed by atoms with Gasteiger partial charge in [-0.15, -0.1) is 0 Å². The number of ether oxygens (including phenoxy) is 2. The summed E-state index contributed by atoms with van der Waals surface area (Å²) in [5.41, 5.74) is 9.79. The zero-order chi connectivity index (χ0) is 18.8. The molecule has 1 amide bonds. The van der Waals surface area contributed by atoms with Gasteiger partial charge in [0.25, 0.3) is 0 Å². The lowest BCUT2D eigenvalue weighted by molar-refractivity contribution is -0.117. The van der Waals surface area contributed by atoms with E-state index in [1.165, 1.54) is 0 Å². The number of hydrogen-bond donors (Lipinski definition) is 3. The summed E-state index contributed by atoms with van der Waals surface area (Å²) in [5, 5.41) is 7.31. The van der Waals surface area contributed by atoms with Gasteiger partial charge < -0.3 is 14.8 Å². The van der Waals surface area contributed by atoms with Crippen LogP contribution >= 0.6 is 0 Å². The van der Waals surface area contributed by atoms with Crippen LogP contribution in [0, 0.1) is 13.8 Å². The van der Waals surface area contributed by atoms with Gasteiger partial charge in [-0.05, 0) is 38.0 Å². The van der Waals surface area contributed by atoms with Crippen LogP contribution in [0.3, 0.4) is 0 Å². The fourth-order valence-electron chi connectivity index (χ4n) is 3.18. The number of rotatable bonds is 5. The summed E-state index contributed by atoms with van der Waals surface area (Å²) in [4.78, 5) is 12.6. The highest BCUT2D eigenvalue weighted by molar-refractivity contribution is 5.96. The maximum atomic E-state index is 12.6. The Kier molecular flexibility index (Phi) is 5.15. The number of amides is 1. The van der Waals surface area contributed by atoms with Gasteiger partial charge in [0, 0.05) is 13.1 Å². The van der Waals surface area contributed by atoms with Crippen molar-refractivity contribution in [2.75, 3.05) is 19.5 Å². The second-order valence-electron chi connectivity index (χ2n) is 6.40. The van der Waals surface area contributed by atoms with E-state index in [1.807, 2.05) is 39.1 Å². The number of nitrogens with zero attached hydrogens (tertiary/aromatic N) is 2. The highest BCUT2D eigenvalue weighted by atomic mass is 16.5. The molecule has 8 heteroatoms. The van der Waals surface area contributed by atoms with Crippen LogP contribution in [0.1, 0.15) is 29.4 Å². The normalized spacial score (nSPS) is 19.4. The van der Waals surface area contributed by atoms with E-state index in [2.05, 4.69) is 21.3 Å². The van der Waals surface area contributed by atoms with Crippen LogP contribution in [-0.2, 0) is 11.8 Å². The second kappa shape index (κ2) is 7.35. The Hall–Kier alpha value is -2.58. The predicted molar refractivity (Wildman–Crippen MR) is 98.3 cm³/mol. The van der Waals surface area contributed by atoms with Gasteiger partial charge >= 0.3 is 0 Å². The first-order valence-electron chi connectivity index (χ1n) is 8.48. The van der Waals surface area contributed by atoms with Crippen LogP contribution in [0.5, 0.6) is 11.5 Å².